The van der Waals surface area contributed by atoms with E-state index < -0.39 is 0 Å². The summed E-state index contributed by atoms with van der Waals surface area (Å²) in [4.78, 5) is 34.9. The van der Waals surface area contributed by atoms with Crippen LogP contribution in [0.4, 0.5) is 11.6 Å². The van der Waals surface area contributed by atoms with Gasteiger partial charge in [-0.05, 0) is 25.7 Å². The summed E-state index contributed by atoms with van der Waals surface area (Å²) in [5, 5.41) is 3.41. The Morgan fingerprint density at radius 3 is 2.63 bits per heavy atom. The molecular weight excluding hydrogens is 348 g/mol. The Morgan fingerprint density at radius 1 is 1.11 bits per heavy atom. The van der Waals surface area contributed by atoms with E-state index >= 15 is 0 Å². The summed E-state index contributed by atoms with van der Waals surface area (Å²) in [5.74, 6) is 1.83. The van der Waals surface area contributed by atoms with Crippen LogP contribution < -0.4 is 26.2 Å². The van der Waals surface area contributed by atoms with Crippen LogP contribution in [0.5, 0.6) is 5.88 Å². The molecule has 9 nitrogen and oxygen atoms in total. The topological polar surface area (TPSA) is 94.3 Å². The fourth-order valence-electron chi connectivity index (χ4n) is 3.46. The first kappa shape index (κ1) is 17.6. The quantitative estimate of drug-likeness (QED) is 0.816. The summed E-state index contributed by atoms with van der Waals surface area (Å²) in [6.07, 6.45) is 7.69. The largest absolute Gasteiger partial charge is 0.472 e. The molecule has 1 aliphatic heterocycles. The first-order valence-corrected chi connectivity index (χ1v) is 9.29. The summed E-state index contributed by atoms with van der Waals surface area (Å²) >= 11 is 0. The second-order valence-electron chi connectivity index (χ2n) is 7.20. The first-order valence-electron chi connectivity index (χ1n) is 9.29. The van der Waals surface area contributed by atoms with Crippen LogP contribution in [0.25, 0.3) is 0 Å². The van der Waals surface area contributed by atoms with E-state index in [1.54, 1.807) is 19.4 Å². The Kier molecular flexibility index (Phi) is 4.59. The Morgan fingerprint density at radius 2 is 1.89 bits per heavy atom. The Bertz CT molecular complexity index is 949. The summed E-state index contributed by atoms with van der Waals surface area (Å²) in [7, 11) is 3.17. The van der Waals surface area contributed by atoms with Crippen molar-refractivity contribution >= 4 is 11.6 Å². The average Bonchev–Trinajstić information content (AvgIpc) is 3.09. The number of nitrogens with one attached hydrogen (secondary N) is 1. The summed E-state index contributed by atoms with van der Waals surface area (Å²) in [6, 6.07) is 1.64. The van der Waals surface area contributed by atoms with Gasteiger partial charge in [0.1, 0.15) is 11.9 Å². The lowest BCUT2D eigenvalue weighted by atomic mass is 9.96. The lowest BCUT2D eigenvalue weighted by Crippen LogP contribution is -2.40. The summed E-state index contributed by atoms with van der Waals surface area (Å²) in [6.45, 7) is 1.41. The van der Waals surface area contributed by atoms with Crippen molar-refractivity contribution in [3.05, 3.63) is 39.3 Å². The number of ether oxygens (including phenoxy) is 1. The highest BCUT2D eigenvalue weighted by atomic mass is 16.5. The van der Waals surface area contributed by atoms with Crippen molar-refractivity contribution in [2.24, 2.45) is 14.1 Å². The number of hydrogen-bond donors (Lipinski definition) is 1. The molecular formula is C18H24N6O3. The van der Waals surface area contributed by atoms with Crippen molar-refractivity contribution in [2.45, 2.75) is 37.8 Å². The van der Waals surface area contributed by atoms with E-state index in [-0.39, 0.29) is 23.4 Å². The maximum absolute atomic E-state index is 12.2. The monoisotopic (exact) mass is 372 g/mol. The van der Waals surface area contributed by atoms with E-state index in [0.29, 0.717) is 24.1 Å². The van der Waals surface area contributed by atoms with Crippen molar-refractivity contribution in [1.29, 1.82) is 0 Å². The molecule has 0 aromatic carbocycles. The minimum atomic E-state index is -0.320. The van der Waals surface area contributed by atoms with Gasteiger partial charge in [0.2, 0.25) is 0 Å². The minimum Gasteiger partial charge on any atom is -0.472 e. The van der Waals surface area contributed by atoms with E-state index in [2.05, 4.69) is 15.3 Å². The van der Waals surface area contributed by atoms with Crippen molar-refractivity contribution in [3.8, 4) is 5.88 Å². The second-order valence-corrected chi connectivity index (χ2v) is 7.20. The van der Waals surface area contributed by atoms with Crippen molar-refractivity contribution in [2.75, 3.05) is 23.3 Å². The molecule has 9 heteroatoms. The third kappa shape index (κ3) is 3.41. The zero-order chi connectivity index (χ0) is 19.0. The zero-order valence-corrected chi connectivity index (χ0v) is 15.6. The summed E-state index contributed by atoms with van der Waals surface area (Å²) in [5.41, 5.74) is -0.617. The van der Waals surface area contributed by atoms with Crippen LogP contribution in [0.3, 0.4) is 0 Å². The smallest absolute Gasteiger partial charge is 0.332 e. The molecule has 2 aliphatic rings. The lowest BCUT2D eigenvalue weighted by molar-refractivity contribution is 0.115. The molecule has 1 N–H and O–H groups in total. The predicted octanol–water partition coefficient (Wildman–Crippen LogP) is 0.496. The van der Waals surface area contributed by atoms with Gasteiger partial charge in [-0.3, -0.25) is 13.9 Å². The molecule has 4 rings (SSSR count). The average molecular weight is 372 g/mol. The zero-order valence-electron chi connectivity index (χ0n) is 15.6. The SMILES string of the molecule is Cn1c(N2CC[C@@H](Nc3nccnc3OC3CCC3)C2)cc(=O)n(C)c1=O. The highest BCUT2D eigenvalue weighted by Crippen LogP contribution is 2.28. The van der Waals surface area contributed by atoms with Gasteiger partial charge in [0, 0.05) is 51.7 Å². The van der Waals surface area contributed by atoms with Crippen molar-refractivity contribution < 1.29 is 4.74 Å². The fourth-order valence-corrected chi connectivity index (χ4v) is 3.46. The van der Waals surface area contributed by atoms with Crippen LogP contribution in [0, 0.1) is 0 Å². The number of nitrogens with zero attached hydrogens (tertiary/aromatic N) is 5. The van der Waals surface area contributed by atoms with E-state index in [1.807, 2.05) is 4.90 Å². The van der Waals surface area contributed by atoms with E-state index in [4.69, 9.17) is 4.74 Å². The third-order valence-corrected chi connectivity index (χ3v) is 5.35. The normalized spacial score (nSPS) is 19.8. The number of hydrogen-bond acceptors (Lipinski definition) is 7. The molecule has 1 saturated carbocycles. The van der Waals surface area contributed by atoms with Crippen LogP contribution in [0.2, 0.25) is 0 Å². The standard InChI is InChI=1S/C18H24N6O3/c1-22-14(10-15(25)23(2)18(22)26)24-9-6-12(11-24)21-16-17(20-8-7-19-16)27-13-4-3-5-13/h7-8,10,12-13H,3-6,9,11H2,1-2H3,(H,19,21)/t12-/m1/s1. The van der Waals surface area contributed by atoms with Gasteiger partial charge in [0.15, 0.2) is 5.82 Å². The maximum atomic E-state index is 12.2. The number of rotatable bonds is 5. The van der Waals surface area contributed by atoms with Gasteiger partial charge in [0.05, 0.1) is 0 Å². The predicted molar refractivity (Wildman–Crippen MR) is 101 cm³/mol. The highest BCUT2D eigenvalue weighted by Gasteiger charge is 2.27. The van der Waals surface area contributed by atoms with Crippen LogP contribution in [-0.4, -0.2) is 44.3 Å². The molecule has 2 aromatic heterocycles. The van der Waals surface area contributed by atoms with Gasteiger partial charge in [-0.15, -0.1) is 0 Å². The van der Waals surface area contributed by atoms with Crippen molar-refractivity contribution in [1.82, 2.24) is 19.1 Å². The van der Waals surface area contributed by atoms with Crippen LogP contribution in [-0.2, 0) is 14.1 Å². The fraction of sp³-hybridized carbons (Fsp3) is 0.556. The van der Waals surface area contributed by atoms with E-state index in [1.165, 1.54) is 24.1 Å². The molecule has 0 radical (unpaired) electrons. The van der Waals surface area contributed by atoms with Crippen LogP contribution in [0.15, 0.2) is 28.0 Å². The van der Waals surface area contributed by atoms with Gasteiger partial charge in [-0.2, -0.15) is 0 Å². The molecule has 1 atom stereocenters. The van der Waals surface area contributed by atoms with Gasteiger partial charge in [-0.25, -0.2) is 14.8 Å². The van der Waals surface area contributed by atoms with Crippen LogP contribution in [0.1, 0.15) is 25.7 Å². The van der Waals surface area contributed by atoms with E-state index in [0.717, 1.165) is 30.4 Å². The number of anilines is 2. The molecule has 0 bridgehead atoms. The van der Waals surface area contributed by atoms with Gasteiger partial charge >= 0.3 is 5.69 Å². The molecule has 27 heavy (non-hydrogen) atoms. The lowest BCUT2D eigenvalue weighted by Gasteiger charge is -2.27. The second kappa shape index (κ2) is 7.05. The molecule has 3 heterocycles. The van der Waals surface area contributed by atoms with Crippen molar-refractivity contribution in [3.63, 3.8) is 0 Å². The Hall–Kier alpha value is -2.84. The van der Waals surface area contributed by atoms with Gasteiger partial charge in [0.25, 0.3) is 11.4 Å². The summed E-state index contributed by atoms with van der Waals surface area (Å²) < 4.78 is 8.55. The van der Waals surface area contributed by atoms with Gasteiger partial charge < -0.3 is 15.0 Å². The number of aromatic nitrogens is 4. The highest BCUT2D eigenvalue weighted by molar-refractivity contribution is 5.48. The minimum absolute atomic E-state index is 0.129. The first-order chi connectivity index (χ1) is 13.0. The molecule has 1 aliphatic carbocycles. The molecule has 0 unspecified atom stereocenters. The van der Waals surface area contributed by atoms with E-state index in [9.17, 15) is 9.59 Å². The molecule has 2 fully saturated rings. The van der Waals surface area contributed by atoms with Gasteiger partial charge in [-0.1, -0.05) is 0 Å². The Balaban J connectivity index is 1.48. The maximum Gasteiger partial charge on any atom is 0.332 e. The third-order valence-electron chi connectivity index (χ3n) is 5.35. The molecule has 144 valence electrons. The van der Waals surface area contributed by atoms with Crippen LogP contribution >= 0.6 is 0 Å². The molecule has 0 amide bonds. The Labute approximate surface area is 156 Å². The molecule has 0 spiro atoms. The molecule has 1 saturated heterocycles. The molecule has 2 aromatic rings.